The molecule has 6 heteroatoms. The second-order valence-electron chi connectivity index (χ2n) is 4.27. The number of hydrogen-bond donors (Lipinski definition) is 1. The van der Waals surface area contributed by atoms with Gasteiger partial charge in [-0.3, -0.25) is 4.79 Å². The van der Waals surface area contributed by atoms with E-state index in [1.54, 1.807) is 12.1 Å². The number of ketones is 1. The third kappa shape index (κ3) is 3.78. The van der Waals surface area contributed by atoms with E-state index < -0.39 is 21.1 Å². The van der Waals surface area contributed by atoms with Crippen molar-refractivity contribution in [2.45, 2.75) is 19.3 Å². The molecule has 5 nitrogen and oxygen atoms in total. The molecule has 0 spiro atoms. The molecule has 1 unspecified atom stereocenters. The minimum Gasteiger partial charge on any atom is -0.372 e. The van der Waals surface area contributed by atoms with Gasteiger partial charge in [-0.2, -0.15) is 0 Å². The highest BCUT2D eigenvalue weighted by Gasteiger charge is 2.26. The first kappa shape index (κ1) is 15.7. The van der Waals surface area contributed by atoms with Crippen LogP contribution in [0.2, 0.25) is 0 Å². The van der Waals surface area contributed by atoms with Gasteiger partial charge in [-0.25, -0.2) is 8.42 Å². The molecule has 0 heterocycles. The molecule has 1 aromatic carbocycles. The van der Waals surface area contributed by atoms with E-state index in [4.69, 9.17) is 0 Å². The average molecular weight is 285 g/mol. The SMILES string of the molecule is CCN(CC)c1ccc(C(=O)C(O)S(C)(=O)=O)cc1. The second-order valence-corrected chi connectivity index (χ2v) is 6.37. The Morgan fingerprint density at radius 2 is 1.68 bits per heavy atom. The Balaban J connectivity index is 2.96. The summed E-state index contributed by atoms with van der Waals surface area (Å²) in [5.41, 5.74) is -0.851. The molecule has 0 saturated carbocycles. The summed E-state index contributed by atoms with van der Waals surface area (Å²) in [5, 5.41) is 9.43. The first-order valence-corrected chi connectivity index (χ1v) is 8.02. The topological polar surface area (TPSA) is 74.7 Å². The minimum atomic E-state index is -3.79. The Bertz CT molecular complexity index is 532. The van der Waals surface area contributed by atoms with Gasteiger partial charge in [0.2, 0.25) is 11.2 Å². The van der Waals surface area contributed by atoms with Crippen molar-refractivity contribution >= 4 is 21.3 Å². The largest absolute Gasteiger partial charge is 0.372 e. The molecule has 1 aromatic rings. The third-order valence-electron chi connectivity index (χ3n) is 2.91. The van der Waals surface area contributed by atoms with Crippen molar-refractivity contribution in [2.24, 2.45) is 0 Å². The number of benzene rings is 1. The molecule has 0 aliphatic rings. The normalized spacial score (nSPS) is 13.1. The maximum Gasteiger partial charge on any atom is 0.218 e. The van der Waals surface area contributed by atoms with Crippen molar-refractivity contribution < 1.29 is 18.3 Å². The van der Waals surface area contributed by atoms with Crippen molar-refractivity contribution in [3.05, 3.63) is 29.8 Å². The summed E-state index contributed by atoms with van der Waals surface area (Å²) in [7, 11) is -3.79. The lowest BCUT2D eigenvalue weighted by Gasteiger charge is -2.21. The molecule has 1 rings (SSSR count). The first-order chi connectivity index (χ1) is 8.81. The Labute approximate surface area is 113 Å². The van der Waals surface area contributed by atoms with Gasteiger partial charge < -0.3 is 10.0 Å². The lowest BCUT2D eigenvalue weighted by molar-refractivity contribution is 0.0859. The Kier molecular flexibility index (Phi) is 5.08. The molecule has 1 atom stereocenters. The summed E-state index contributed by atoms with van der Waals surface area (Å²) >= 11 is 0. The van der Waals surface area contributed by atoms with E-state index in [1.807, 2.05) is 13.8 Å². The molecular formula is C13H19NO4S. The highest BCUT2D eigenvalue weighted by atomic mass is 32.2. The molecule has 0 aliphatic carbocycles. The quantitative estimate of drug-likeness (QED) is 0.792. The molecule has 0 amide bonds. The van der Waals surface area contributed by atoms with Gasteiger partial charge in [0, 0.05) is 30.6 Å². The van der Waals surface area contributed by atoms with Crippen LogP contribution in [0.4, 0.5) is 5.69 Å². The van der Waals surface area contributed by atoms with Gasteiger partial charge in [0.25, 0.3) is 0 Å². The zero-order chi connectivity index (χ0) is 14.6. The zero-order valence-corrected chi connectivity index (χ0v) is 12.1. The number of hydrogen-bond acceptors (Lipinski definition) is 5. The standard InChI is InChI=1S/C13H19NO4S/c1-4-14(5-2)11-8-6-10(7-9-11)12(15)13(16)19(3,17)18/h6-9,13,16H,4-5H2,1-3H3. The summed E-state index contributed by atoms with van der Waals surface area (Å²) in [4.78, 5) is 13.9. The average Bonchev–Trinajstić information content (AvgIpc) is 2.38. The van der Waals surface area contributed by atoms with Crippen LogP contribution >= 0.6 is 0 Å². The fourth-order valence-corrected chi connectivity index (χ4v) is 2.29. The van der Waals surface area contributed by atoms with E-state index in [0.717, 1.165) is 25.0 Å². The Morgan fingerprint density at radius 3 is 2.05 bits per heavy atom. The van der Waals surface area contributed by atoms with Crippen LogP contribution in [-0.2, 0) is 9.84 Å². The van der Waals surface area contributed by atoms with Crippen molar-refractivity contribution in [1.82, 2.24) is 0 Å². The predicted octanol–water partition coefficient (Wildman–Crippen LogP) is 1.08. The molecule has 0 aromatic heterocycles. The molecule has 1 N–H and O–H groups in total. The van der Waals surface area contributed by atoms with Gasteiger partial charge >= 0.3 is 0 Å². The number of aliphatic hydroxyl groups is 1. The van der Waals surface area contributed by atoms with E-state index in [9.17, 15) is 18.3 Å². The maximum atomic E-state index is 11.8. The van der Waals surface area contributed by atoms with Gasteiger partial charge in [-0.05, 0) is 38.1 Å². The summed E-state index contributed by atoms with van der Waals surface area (Å²) in [6, 6.07) is 6.55. The van der Waals surface area contributed by atoms with Gasteiger partial charge in [0.1, 0.15) is 0 Å². The van der Waals surface area contributed by atoms with Crippen LogP contribution in [0.3, 0.4) is 0 Å². The van der Waals surface area contributed by atoms with Crippen LogP contribution in [0, 0.1) is 0 Å². The Morgan fingerprint density at radius 1 is 1.21 bits per heavy atom. The monoisotopic (exact) mass is 285 g/mol. The molecule has 0 radical (unpaired) electrons. The summed E-state index contributed by atoms with van der Waals surface area (Å²) in [6.45, 7) is 5.73. The van der Waals surface area contributed by atoms with Crippen LogP contribution in [0.25, 0.3) is 0 Å². The molecular weight excluding hydrogens is 266 g/mol. The van der Waals surface area contributed by atoms with Crippen LogP contribution in [0.15, 0.2) is 24.3 Å². The lowest BCUT2D eigenvalue weighted by atomic mass is 10.1. The van der Waals surface area contributed by atoms with Crippen molar-refractivity contribution in [2.75, 3.05) is 24.2 Å². The van der Waals surface area contributed by atoms with Crippen LogP contribution in [-0.4, -0.2) is 44.1 Å². The highest BCUT2D eigenvalue weighted by molar-refractivity contribution is 7.91. The van der Waals surface area contributed by atoms with Gasteiger partial charge in [0.15, 0.2) is 9.84 Å². The van der Waals surface area contributed by atoms with Crippen LogP contribution < -0.4 is 4.90 Å². The third-order valence-corrected chi connectivity index (χ3v) is 3.94. The minimum absolute atomic E-state index is 0.189. The Hall–Kier alpha value is -1.40. The molecule has 0 fully saturated rings. The predicted molar refractivity (Wildman–Crippen MR) is 75.2 cm³/mol. The molecule has 19 heavy (non-hydrogen) atoms. The summed E-state index contributed by atoms with van der Waals surface area (Å²) in [5.74, 6) is -0.798. The zero-order valence-electron chi connectivity index (χ0n) is 11.3. The molecule has 0 bridgehead atoms. The fraction of sp³-hybridized carbons (Fsp3) is 0.462. The molecule has 0 aliphatic heterocycles. The van der Waals surface area contributed by atoms with E-state index in [1.165, 1.54) is 12.1 Å². The number of sulfone groups is 1. The van der Waals surface area contributed by atoms with Crippen LogP contribution in [0.1, 0.15) is 24.2 Å². The number of nitrogens with zero attached hydrogens (tertiary/aromatic N) is 1. The van der Waals surface area contributed by atoms with Crippen molar-refractivity contribution in [1.29, 1.82) is 0 Å². The lowest BCUT2D eigenvalue weighted by Crippen LogP contribution is -2.29. The number of carbonyl (C=O) groups excluding carboxylic acids is 1. The number of rotatable bonds is 6. The number of carbonyl (C=O) groups is 1. The van der Waals surface area contributed by atoms with Crippen molar-refractivity contribution in [3.63, 3.8) is 0 Å². The molecule has 0 saturated heterocycles. The van der Waals surface area contributed by atoms with Gasteiger partial charge in [-0.15, -0.1) is 0 Å². The second kappa shape index (κ2) is 6.16. The molecule has 106 valence electrons. The summed E-state index contributed by atoms with van der Waals surface area (Å²) < 4.78 is 22.3. The first-order valence-electron chi connectivity index (χ1n) is 6.07. The van der Waals surface area contributed by atoms with Crippen molar-refractivity contribution in [3.8, 4) is 0 Å². The van der Waals surface area contributed by atoms with E-state index in [2.05, 4.69) is 4.90 Å². The number of anilines is 1. The van der Waals surface area contributed by atoms with Gasteiger partial charge in [0.05, 0.1) is 0 Å². The maximum absolute atomic E-state index is 11.8. The smallest absolute Gasteiger partial charge is 0.218 e. The highest BCUT2D eigenvalue weighted by Crippen LogP contribution is 2.16. The fourth-order valence-electron chi connectivity index (χ4n) is 1.76. The number of aliphatic hydroxyl groups excluding tert-OH is 1. The van der Waals surface area contributed by atoms with E-state index in [-0.39, 0.29) is 5.56 Å². The van der Waals surface area contributed by atoms with Gasteiger partial charge in [-0.1, -0.05) is 0 Å². The van der Waals surface area contributed by atoms with Crippen LogP contribution in [0.5, 0.6) is 0 Å². The number of Topliss-reactive ketones (excluding diaryl/α,β-unsaturated/α-hetero) is 1. The van der Waals surface area contributed by atoms with E-state index in [0.29, 0.717) is 0 Å². The van der Waals surface area contributed by atoms with E-state index >= 15 is 0 Å². The summed E-state index contributed by atoms with van der Waals surface area (Å²) in [6.07, 6.45) is 0.833.